The summed E-state index contributed by atoms with van der Waals surface area (Å²) in [5, 5.41) is 11.5. The molecule has 0 radical (unpaired) electrons. The number of carbonyl (C=O) groups is 2. The molecule has 0 aromatic heterocycles. The Hall–Kier alpha value is -4.34. The zero-order chi connectivity index (χ0) is 28.2. The Morgan fingerprint density at radius 3 is 2.34 bits per heavy atom. The first-order chi connectivity index (χ1) is 20.1. The predicted molar refractivity (Wildman–Crippen MR) is 151 cm³/mol. The van der Waals surface area contributed by atoms with Gasteiger partial charge in [0.1, 0.15) is 31.3 Å². The molecule has 6 rings (SSSR count). The van der Waals surface area contributed by atoms with E-state index in [-0.39, 0.29) is 11.3 Å². The molecule has 2 fully saturated rings. The molecule has 3 aliphatic rings. The van der Waals surface area contributed by atoms with Crippen molar-refractivity contribution in [3.8, 4) is 17.2 Å². The van der Waals surface area contributed by atoms with E-state index in [2.05, 4.69) is 4.90 Å². The number of morpholine rings is 1. The summed E-state index contributed by atoms with van der Waals surface area (Å²) in [6, 6.07) is 21.5. The molecule has 9 nitrogen and oxygen atoms in total. The van der Waals surface area contributed by atoms with E-state index in [9.17, 15) is 14.7 Å². The topological polar surface area (TPSA) is 97.8 Å². The molecule has 3 heterocycles. The number of Topliss-reactive ketones (excluding diaryl/α,β-unsaturated/α-hetero) is 1. The summed E-state index contributed by atoms with van der Waals surface area (Å²) in [5.74, 6) is 0.124. The monoisotopic (exact) mass is 556 g/mol. The molecular formula is C32H32N2O7. The number of likely N-dealkylation sites (tertiary alicyclic amines) is 1. The van der Waals surface area contributed by atoms with Gasteiger partial charge in [0.25, 0.3) is 11.7 Å². The molecule has 2 saturated heterocycles. The number of ketones is 1. The van der Waals surface area contributed by atoms with Crippen LogP contribution >= 0.6 is 0 Å². The second kappa shape index (κ2) is 12.0. The third-order valence-corrected chi connectivity index (χ3v) is 7.56. The van der Waals surface area contributed by atoms with Crippen LogP contribution in [-0.4, -0.2) is 79.2 Å². The Bertz CT molecular complexity index is 1430. The van der Waals surface area contributed by atoms with Gasteiger partial charge in [-0.3, -0.25) is 14.5 Å². The first kappa shape index (κ1) is 26.9. The molecule has 3 aromatic rings. The fourth-order valence-electron chi connectivity index (χ4n) is 5.36. The number of amides is 1. The van der Waals surface area contributed by atoms with Crippen LogP contribution in [0.25, 0.3) is 5.76 Å². The van der Waals surface area contributed by atoms with E-state index in [1.165, 1.54) is 0 Å². The standard InChI is InChI=1S/C32H32N2O7/c35-30(24-8-11-26-27(20-24)40-19-18-39-26)28-29(34(32(37)31(28)36)13-12-33-14-16-38-17-15-33)23-6-9-25(10-7-23)41-21-22-4-2-1-3-5-22/h1-11,20,29,35H,12-19,21H2. The predicted octanol–water partition coefficient (Wildman–Crippen LogP) is 3.79. The van der Waals surface area contributed by atoms with Crippen LogP contribution in [0.3, 0.4) is 0 Å². The van der Waals surface area contributed by atoms with Crippen molar-refractivity contribution < 1.29 is 33.6 Å². The van der Waals surface area contributed by atoms with Gasteiger partial charge < -0.3 is 29.0 Å². The van der Waals surface area contributed by atoms with E-state index in [0.29, 0.717) is 74.5 Å². The number of aliphatic hydroxyl groups excluding tert-OH is 1. The van der Waals surface area contributed by atoms with Crippen LogP contribution in [0, 0.1) is 0 Å². The summed E-state index contributed by atoms with van der Waals surface area (Å²) < 4.78 is 22.7. The zero-order valence-corrected chi connectivity index (χ0v) is 22.7. The molecule has 0 bridgehead atoms. The summed E-state index contributed by atoms with van der Waals surface area (Å²) in [6.07, 6.45) is 0. The van der Waals surface area contributed by atoms with Crippen molar-refractivity contribution in [1.82, 2.24) is 9.80 Å². The van der Waals surface area contributed by atoms with Gasteiger partial charge in [0, 0.05) is 31.7 Å². The minimum atomic E-state index is -0.757. The highest BCUT2D eigenvalue weighted by molar-refractivity contribution is 6.46. The number of carbonyl (C=O) groups excluding carboxylic acids is 2. The van der Waals surface area contributed by atoms with Gasteiger partial charge in [0.2, 0.25) is 0 Å². The average Bonchev–Trinajstić information content (AvgIpc) is 3.28. The number of rotatable bonds is 8. The molecule has 1 N–H and O–H groups in total. The lowest BCUT2D eigenvalue weighted by Gasteiger charge is -2.31. The first-order valence-electron chi connectivity index (χ1n) is 13.8. The van der Waals surface area contributed by atoms with Gasteiger partial charge in [-0.2, -0.15) is 0 Å². The van der Waals surface area contributed by atoms with E-state index in [1.54, 1.807) is 23.1 Å². The van der Waals surface area contributed by atoms with Gasteiger partial charge >= 0.3 is 0 Å². The van der Waals surface area contributed by atoms with Crippen molar-refractivity contribution >= 4 is 17.4 Å². The smallest absolute Gasteiger partial charge is 0.295 e. The molecule has 3 aliphatic heterocycles. The average molecular weight is 557 g/mol. The van der Waals surface area contributed by atoms with Crippen molar-refractivity contribution in [1.29, 1.82) is 0 Å². The molecule has 1 atom stereocenters. The normalized spacial score (nSPS) is 20.3. The minimum absolute atomic E-state index is 0.0478. The van der Waals surface area contributed by atoms with Gasteiger partial charge in [-0.15, -0.1) is 0 Å². The van der Waals surface area contributed by atoms with Crippen molar-refractivity contribution in [3.05, 3.63) is 95.1 Å². The van der Waals surface area contributed by atoms with Gasteiger partial charge in [0.15, 0.2) is 11.5 Å². The van der Waals surface area contributed by atoms with Crippen LogP contribution < -0.4 is 14.2 Å². The number of ether oxygens (including phenoxy) is 4. The van der Waals surface area contributed by atoms with Crippen LogP contribution in [0.2, 0.25) is 0 Å². The van der Waals surface area contributed by atoms with E-state index in [4.69, 9.17) is 18.9 Å². The Balaban J connectivity index is 1.31. The highest BCUT2D eigenvalue weighted by atomic mass is 16.6. The number of fused-ring (bicyclic) bond motifs is 1. The molecule has 0 spiro atoms. The van der Waals surface area contributed by atoms with Crippen LogP contribution in [-0.2, 0) is 20.9 Å². The molecule has 212 valence electrons. The van der Waals surface area contributed by atoms with Gasteiger partial charge in [-0.05, 0) is 41.5 Å². The van der Waals surface area contributed by atoms with E-state index < -0.39 is 17.7 Å². The molecular weight excluding hydrogens is 524 g/mol. The summed E-state index contributed by atoms with van der Waals surface area (Å²) in [6.45, 7) is 4.97. The molecule has 1 amide bonds. The maximum atomic E-state index is 13.5. The summed E-state index contributed by atoms with van der Waals surface area (Å²) in [5.41, 5.74) is 2.18. The van der Waals surface area contributed by atoms with Crippen molar-refractivity contribution in [2.75, 3.05) is 52.6 Å². The minimum Gasteiger partial charge on any atom is -0.507 e. The molecule has 3 aromatic carbocycles. The molecule has 0 saturated carbocycles. The third-order valence-electron chi connectivity index (χ3n) is 7.56. The quantitative estimate of drug-likeness (QED) is 0.254. The third kappa shape index (κ3) is 5.77. The fourth-order valence-corrected chi connectivity index (χ4v) is 5.36. The SMILES string of the molecule is O=C1C(=O)N(CCN2CCOCC2)C(c2ccc(OCc3ccccc3)cc2)C1=C(O)c1ccc2c(c1)OCCO2. The van der Waals surface area contributed by atoms with E-state index in [1.807, 2.05) is 54.6 Å². The maximum Gasteiger partial charge on any atom is 0.295 e. The number of benzene rings is 3. The number of aliphatic hydroxyl groups is 1. The van der Waals surface area contributed by atoms with E-state index in [0.717, 1.165) is 18.7 Å². The summed E-state index contributed by atoms with van der Waals surface area (Å²) in [4.78, 5) is 30.6. The molecule has 0 aliphatic carbocycles. The van der Waals surface area contributed by atoms with Crippen LogP contribution in [0.1, 0.15) is 22.7 Å². The molecule has 1 unspecified atom stereocenters. The highest BCUT2D eigenvalue weighted by Gasteiger charge is 2.46. The Kier molecular flexibility index (Phi) is 7.89. The number of nitrogens with zero attached hydrogens (tertiary/aromatic N) is 2. The van der Waals surface area contributed by atoms with E-state index >= 15 is 0 Å². The second-order valence-electron chi connectivity index (χ2n) is 10.1. The largest absolute Gasteiger partial charge is 0.507 e. The lowest BCUT2D eigenvalue weighted by Crippen LogP contribution is -2.42. The van der Waals surface area contributed by atoms with Crippen LogP contribution in [0.4, 0.5) is 0 Å². The van der Waals surface area contributed by atoms with Gasteiger partial charge in [-0.25, -0.2) is 0 Å². The molecule has 9 heteroatoms. The highest BCUT2D eigenvalue weighted by Crippen LogP contribution is 2.41. The van der Waals surface area contributed by atoms with Crippen molar-refractivity contribution in [2.24, 2.45) is 0 Å². The lowest BCUT2D eigenvalue weighted by atomic mass is 9.95. The van der Waals surface area contributed by atoms with Crippen LogP contribution in [0.15, 0.2) is 78.4 Å². The summed E-state index contributed by atoms with van der Waals surface area (Å²) in [7, 11) is 0. The number of hydrogen-bond acceptors (Lipinski definition) is 8. The van der Waals surface area contributed by atoms with Gasteiger partial charge in [-0.1, -0.05) is 42.5 Å². The summed E-state index contributed by atoms with van der Waals surface area (Å²) >= 11 is 0. The van der Waals surface area contributed by atoms with Gasteiger partial charge in [0.05, 0.1) is 24.8 Å². The van der Waals surface area contributed by atoms with Crippen LogP contribution in [0.5, 0.6) is 17.2 Å². The lowest BCUT2D eigenvalue weighted by molar-refractivity contribution is -0.140. The Labute approximate surface area is 238 Å². The second-order valence-corrected chi connectivity index (χ2v) is 10.1. The van der Waals surface area contributed by atoms with Crippen molar-refractivity contribution in [3.63, 3.8) is 0 Å². The van der Waals surface area contributed by atoms with Crippen molar-refractivity contribution in [2.45, 2.75) is 12.6 Å². The maximum absolute atomic E-state index is 13.5. The Morgan fingerprint density at radius 1 is 0.854 bits per heavy atom. The molecule has 41 heavy (non-hydrogen) atoms. The first-order valence-corrected chi connectivity index (χ1v) is 13.8. The zero-order valence-electron chi connectivity index (χ0n) is 22.7. The fraction of sp³-hybridized carbons (Fsp3) is 0.312. The Morgan fingerprint density at radius 2 is 1.59 bits per heavy atom. The number of hydrogen-bond donors (Lipinski definition) is 1.